The predicted octanol–water partition coefficient (Wildman–Crippen LogP) is 2.31. The average molecular weight is 231 g/mol. The molecular weight excluding hydrogens is 206 g/mol. The SMILES string of the molecule is CCNC1CCC(CC)CC1S(=O)CC. The third-order valence-electron chi connectivity index (χ3n) is 3.57. The smallest absolute Gasteiger partial charge is 0.0503 e. The van der Waals surface area contributed by atoms with Crippen LogP contribution in [0.4, 0.5) is 0 Å². The van der Waals surface area contributed by atoms with E-state index in [1.54, 1.807) is 0 Å². The topological polar surface area (TPSA) is 29.1 Å². The first-order valence-corrected chi connectivity index (χ1v) is 7.71. The fourth-order valence-electron chi connectivity index (χ4n) is 2.58. The third-order valence-corrected chi connectivity index (χ3v) is 5.33. The molecule has 2 nitrogen and oxygen atoms in total. The van der Waals surface area contributed by atoms with Gasteiger partial charge in [0.05, 0.1) is 5.25 Å². The maximum atomic E-state index is 12.0. The molecule has 1 aliphatic rings. The second-order valence-corrected chi connectivity index (χ2v) is 6.40. The molecule has 90 valence electrons. The number of hydrogen-bond donors (Lipinski definition) is 1. The molecule has 4 atom stereocenters. The Kier molecular flexibility index (Phi) is 5.83. The fraction of sp³-hybridized carbons (Fsp3) is 1.00. The quantitative estimate of drug-likeness (QED) is 0.787. The Labute approximate surface area is 96.7 Å². The molecule has 1 N–H and O–H groups in total. The monoisotopic (exact) mass is 231 g/mol. The lowest BCUT2D eigenvalue weighted by molar-refractivity contribution is 0.294. The molecule has 4 unspecified atom stereocenters. The van der Waals surface area contributed by atoms with Gasteiger partial charge in [-0.2, -0.15) is 0 Å². The van der Waals surface area contributed by atoms with Gasteiger partial charge in [0.15, 0.2) is 0 Å². The minimum atomic E-state index is -0.630. The van der Waals surface area contributed by atoms with Crippen molar-refractivity contribution in [1.29, 1.82) is 0 Å². The van der Waals surface area contributed by atoms with Gasteiger partial charge in [-0.3, -0.25) is 4.21 Å². The van der Waals surface area contributed by atoms with Crippen molar-refractivity contribution in [3.05, 3.63) is 0 Å². The summed E-state index contributed by atoms with van der Waals surface area (Å²) in [5.41, 5.74) is 0. The second kappa shape index (κ2) is 6.64. The standard InChI is InChI=1S/C12H25NOS/c1-4-10-7-8-11(13-5-2)12(9-10)15(14)6-3/h10-13H,4-9H2,1-3H3. The van der Waals surface area contributed by atoms with Crippen LogP contribution in [0.5, 0.6) is 0 Å². The van der Waals surface area contributed by atoms with Crippen molar-refractivity contribution in [2.75, 3.05) is 12.3 Å². The molecule has 3 heteroatoms. The van der Waals surface area contributed by atoms with Crippen molar-refractivity contribution < 1.29 is 4.21 Å². The molecule has 0 radical (unpaired) electrons. The summed E-state index contributed by atoms with van der Waals surface area (Å²) < 4.78 is 12.0. The zero-order chi connectivity index (χ0) is 11.3. The van der Waals surface area contributed by atoms with Gasteiger partial charge in [-0.25, -0.2) is 0 Å². The lowest BCUT2D eigenvalue weighted by Crippen LogP contribution is -2.46. The highest BCUT2D eigenvalue weighted by molar-refractivity contribution is 7.85. The van der Waals surface area contributed by atoms with Crippen molar-refractivity contribution in [1.82, 2.24) is 5.32 Å². The lowest BCUT2D eigenvalue weighted by Gasteiger charge is -2.35. The van der Waals surface area contributed by atoms with Crippen molar-refractivity contribution in [3.63, 3.8) is 0 Å². The van der Waals surface area contributed by atoms with E-state index in [2.05, 4.69) is 19.2 Å². The van der Waals surface area contributed by atoms with Gasteiger partial charge in [-0.15, -0.1) is 0 Å². The zero-order valence-corrected chi connectivity index (χ0v) is 11.1. The summed E-state index contributed by atoms with van der Waals surface area (Å²) >= 11 is 0. The molecule has 1 aliphatic carbocycles. The molecule has 0 aliphatic heterocycles. The molecule has 0 aromatic carbocycles. The van der Waals surface area contributed by atoms with Gasteiger partial charge in [0, 0.05) is 22.6 Å². The highest BCUT2D eigenvalue weighted by Crippen LogP contribution is 2.30. The molecule has 0 aromatic heterocycles. The first-order chi connectivity index (χ1) is 7.22. The zero-order valence-electron chi connectivity index (χ0n) is 10.3. The summed E-state index contributed by atoms with van der Waals surface area (Å²) in [5.74, 6) is 1.61. The van der Waals surface area contributed by atoms with E-state index < -0.39 is 10.8 Å². The van der Waals surface area contributed by atoms with E-state index in [1.807, 2.05) is 6.92 Å². The van der Waals surface area contributed by atoms with Crippen LogP contribution in [0.1, 0.15) is 46.5 Å². The van der Waals surface area contributed by atoms with Gasteiger partial charge < -0.3 is 5.32 Å². The van der Waals surface area contributed by atoms with Gasteiger partial charge in [0.2, 0.25) is 0 Å². The maximum Gasteiger partial charge on any atom is 0.0503 e. The Balaban J connectivity index is 2.60. The van der Waals surface area contributed by atoms with E-state index in [1.165, 1.54) is 19.3 Å². The third kappa shape index (κ3) is 3.56. The van der Waals surface area contributed by atoms with E-state index in [0.29, 0.717) is 11.3 Å². The van der Waals surface area contributed by atoms with Crippen LogP contribution in [0.25, 0.3) is 0 Å². The lowest BCUT2D eigenvalue weighted by atomic mass is 9.84. The Hall–Kier alpha value is 0.110. The van der Waals surface area contributed by atoms with Crippen LogP contribution in [-0.4, -0.2) is 27.8 Å². The van der Waals surface area contributed by atoms with Crippen LogP contribution in [-0.2, 0) is 10.8 Å². The number of rotatable bonds is 5. The highest BCUT2D eigenvalue weighted by Gasteiger charge is 2.32. The molecular formula is C12H25NOS. The van der Waals surface area contributed by atoms with E-state index >= 15 is 0 Å². The molecule has 1 fully saturated rings. The summed E-state index contributed by atoms with van der Waals surface area (Å²) in [7, 11) is -0.630. The van der Waals surface area contributed by atoms with E-state index in [-0.39, 0.29) is 0 Å². The summed E-state index contributed by atoms with van der Waals surface area (Å²) in [6.45, 7) is 7.43. The molecule has 0 bridgehead atoms. The minimum Gasteiger partial charge on any atom is -0.313 e. The van der Waals surface area contributed by atoms with E-state index in [0.717, 1.165) is 24.6 Å². The maximum absolute atomic E-state index is 12.0. The first kappa shape index (κ1) is 13.2. The van der Waals surface area contributed by atoms with Gasteiger partial charge >= 0.3 is 0 Å². The molecule has 1 saturated carbocycles. The van der Waals surface area contributed by atoms with Crippen LogP contribution in [0.3, 0.4) is 0 Å². The van der Waals surface area contributed by atoms with Gasteiger partial charge in [-0.05, 0) is 31.7 Å². The van der Waals surface area contributed by atoms with Crippen molar-refractivity contribution >= 4 is 10.8 Å². The van der Waals surface area contributed by atoms with Gasteiger partial charge in [0.1, 0.15) is 0 Å². The van der Waals surface area contributed by atoms with Gasteiger partial charge in [-0.1, -0.05) is 27.2 Å². The largest absolute Gasteiger partial charge is 0.313 e. The van der Waals surface area contributed by atoms with Crippen LogP contribution in [0, 0.1) is 5.92 Å². The Morgan fingerprint density at radius 1 is 1.27 bits per heavy atom. The van der Waals surface area contributed by atoms with Crippen molar-refractivity contribution in [2.24, 2.45) is 5.92 Å². The average Bonchev–Trinajstić information content (AvgIpc) is 2.29. The van der Waals surface area contributed by atoms with Crippen molar-refractivity contribution in [2.45, 2.75) is 57.7 Å². The highest BCUT2D eigenvalue weighted by atomic mass is 32.2. The Morgan fingerprint density at radius 2 is 2.00 bits per heavy atom. The molecule has 1 rings (SSSR count). The van der Waals surface area contributed by atoms with Crippen molar-refractivity contribution in [3.8, 4) is 0 Å². The fourth-order valence-corrected chi connectivity index (χ4v) is 4.10. The van der Waals surface area contributed by atoms with Crippen LogP contribution < -0.4 is 5.32 Å². The minimum absolute atomic E-state index is 0.397. The number of hydrogen-bond acceptors (Lipinski definition) is 2. The Bertz CT molecular complexity index is 208. The van der Waals surface area contributed by atoms with Crippen LogP contribution in [0.2, 0.25) is 0 Å². The molecule has 15 heavy (non-hydrogen) atoms. The van der Waals surface area contributed by atoms with Gasteiger partial charge in [0.25, 0.3) is 0 Å². The van der Waals surface area contributed by atoms with Crippen LogP contribution in [0.15, 0.2) is 0 Å². The molecule has 0 saturated heterocycles. The summed E-state index contributed by atoms with van der Waals surface area (Å²) in [5, 5.41) is 3.90. The normalized spacial score (nSPS) is 33.9. The van der Waals surface area contributed by atoms with E-state index in [4.69, 9.17) is 0 Å². The second-order valence-electron chi connectivity index (χ2n) is 4.46. The summed E-state index contributed by atoms with van der Waals surface area (Å²) in [6.07, 6.45) is 4.93. The summed E-state index contributed by atoms with van der Waals surface area (Å²) in [6, 6.07) is 0.499. The molecule has 0 amide bonds. The molecule has 0 spiro atoms. The summed E-state index contributed by atoms with van der Waals surface area (Å²) in [4.78, 5) is 0. The number of nitrogens with one attached hydrogen (secondary N) is 1. The first-order valence-electron chi connectivity index (χ1n) is 6.33. The molecule has 0 heterocycles. The Morgan fingerprint density at radius 3 is 2.53 bits per heavy atom. The van der Waals surface area contributed by atoms with E-state index in [9.17, 15) is 4.21 Å². The van der Waals surface area contributed by atoms with Crippen LogP contribution >= 0.6 is 0 Å². The molecule has 0 aromatic rings. The predicted molar refractivity (Wildman–Crippen MR) is 67.6 cm³/mol.